The van der Waals surface area contributed by atoms with E-state index < -0.39 is 34.3 Å². The molecule has 4 rings (SSSR count). The molecule has 126 valence electrons. The number of hydrogen-bond donors (Lipinski definition) is 2. The van der Waals surface area contributed by atoms with Gasteiger partial charge in [0.1, 0.15) is 5.72 Å². The molecule has 1 saturated carbocycles. The van der Waals surface area contributed by atoms with Gasteiger partial charge in [0.25, 0.3) is 0 Å². The highest BCUT2D eigenvalue weighted by Crippen LogP contribution is 2.65. The Labute approximate surface area is 146 Å². The monoisotopic (exact) mass is 334 g/mol. The standard InChI is InChI=1S/C19H18N4O2/c1-2-6-14-15(13-7-4-3-5-8-13)18(12-22)16(24)23-19(14,25)9-17(18,10-20)11-21/h3-5,7-8,14-15,25H,2,6,9H2,1H3,(H,23,24)/t14-,15-,18-,19-/m1/s1. The van der Waals surface area contributed by atoms with E-state index in [-0.39, 0.29) is 6.42 Å². The maximum Gasteiger partial charge on any atom is 0.246 e. The number of nitriles is 3. The quantitative estimate of drug-likeness (QED) is 0.875. The maximum atomic E-state index is 12.9. The highest BCUT2D eigenvalue weighted by Gasteiger charge is 2.77. The second-order valence-corrected chi connectivity index (χ2v) is 6.89. The Morgan fingerprint density at radius 3 is 2.36 bits per heavy atom. The minimum atomic E-state index is -1.90. The van der Waals surface area contributed by atoms with Crippen molar-refractivity contribution in [3.8, 4) is 18.2 Å². The van der Waals surface area contributed by atoms with Gasteiger partial charge in [-0.3, -0.25) is 4.79 Å². The summed E-state index contributed by atoms with van der Waals surface area (Å²) in [5.41, 5.74) is -4.76. The van der Waals surface area contributed by atoms with E-state index in [1.165, 1.54) is 0 Å². The number of hydrogen-bond acceptors (Lipinski definition) is 5. The maximum absolute atomic E-state index is 12.9. The van der Waals surface area contributed by atoms with Crippen LogP contribution in [0, 0.1) is 50.7 Å². The van der Waals surface area contributed by atoms with E-state index in [2.05, 4.69) is 5.32 Å². The first-order valence-electron chi connectivity index (χ1n) is 8.28. The van der Waals surface area contributed by atoms with Crippen molar-refractivity contribution in [1.29, 1.82) is 15.8 Å². The van der Waals surface area contributed by atoms with Gasteiger partial charge in [-0.15, -0.1) is 0 Å². The van der Waals surface area contributed by atoms with E-state index in [9.17, 15) is 25.7 Å². The molecule has 25 heavy (non-hydrogen) atoms. The highest BCUT2D eigenvalue weighted by atomic mass is 16.3. The number of aliphatic hydroxyl groups is 1. The smallest absolute Gasteiger partial charge is 0.246 e. The fourth-order valence-corrected chi connectivity index (χ4v) is 4.64. The normalized spacial score (nSPS) is 35.1. The molecule has 1 aliphatic carbocycles. The van der Waals surface area contributed by atoms with Crippen molar-refractivity contribution in [2.24, 2.45) is 16.7 Å². The Balaban J connectivity index is 2.35. The van der Waals surface area contributed by atoms with E-state index in [0.717, 1.165) is 6.42 Å². The van der Waals surface area contributed by atoms with Crippen LogP contribution in [0.1, 0.15) is 37.7 Å². The fourth-order valence-electron chi connectivity index (χ4n) is 4.64. The van der Waals surface area contributed by atoms with Gasteiger partial charge in [-0.2, -0.15) is 15.8 Å². The molecule has 4 atom stereocenters. The predicted molar refractivity (Wildman–Crippen MR) is 87.0 cm³/mol. The molecule has 0 aromatic heterocycles. The molecule has 2 heterocycles. The van der Waals surface area contributed by atoms with Crippen molar-refractivity contribution in [2.45, 2.75) is 37.8 Å². The van der Waals surface area contributed by atoms with Crippen LogP contribution in [0.5, 0.6) is 0 Å². The first-order valence-corrected chi connectivity index (χ1v) is 8.28. The zero-order valence-corrected chi connectivity index (χ0v) is 13.9. The molecule has 6 nitrogen and oxygen atoms in total. The summed E-state index contributed by atoms with van der Waals surface area (Å²) in [6, 6.07) is 14.8. The van der Waals surface area contributed by atoms with E-state index >= 15 is 0 Å². The molecule has 3 aliphatic rings. The topological polar surface area (TPSA) is 121 Å². The number of nitrogens with zero attached hydrogens (tertiary/aromatic N) is 3. The van der Waals surface area contributed by atoms with Gasteiger partial charge < -0.3 is 10.4 Å². The van der Waals surface area contributed by atoms with Gasteiger partial charge in [-0.05, 0) is 12.0 Å². The van der Waals surface area contributed by atoms with E-state index in [1.54, 1.807) is 24.3 Å². The lowest BCUT2D eigenvalue weighted by atomic mass is 9.43. The van der Waals surface area contributed by atoms with E-state index in [4.69, 9.17) is 0 Å². The van der Waals surface area contributed by atoms with Crippen LogP contribution < -0.4 is 5.32 Å². The summed E-state index contributed by atoms with van der Waals surface area (Å²) in [7, 11) is 0. The van der Waals surface area contributed by atoms with Crippen LogP contribution in [0.25, 0.3) is 0 Å². The third-order valence-corrected chi connectivity index (χ3v) is 5.69. The summed E-state index contributed by atoms with van der Waals surface area (Å²) < 4.78 is 0. The molecule has 1 aromatic carbocycles. The van der Waals surface area contributed by atoms with Crippen molar-refractivity contribution in [1.82, 2.24) is 5.32 Å². The predicted octanol–water partition coefficient (Wildman–Crippen LogP) is 1.95. The van der Waals surface area contributed by atoms with Crippen LogP contribution in [-0.4, -0.2) is 16.7 Å². The second kappa shape index (κ2) is 5.59. The van der Waals surface area contributed by atoms with E-state index in [0.29, 0.717) is 12.0 Å². The van der Waals surface area contributed by atoms with Crippen molar-refractivity contribution >= 4 is 5.91 Å². The molecule has 0 spiro atoms. The number of piperidine rings is 2. The minimum absolute atomic E-state index is 0.264. The van der Waals surface area contributed by atoms with Crippen LogP contribution in [0.3, 0.4) is 0 Å². The molecule has 2 aliphatic heterocycles. The third kappa shape index (κ3) is 1.94. The molecular weight excluding hydrogens is 316 g/mol. The first kappa shape index (κ1) is 17.0. The lowest BCUT2D eigenvalue weighted by Gasteiger charge is -2.61. The zero-order valence-electron chi connectivity index (χ0n) is 13.9. The third-order valence-electron chi connectivity index (χ3n) is 5.69. The Bertz CT molecular complexity index is 818. The Hall–Kier alpha value is -2.88. The summed E-state index contributed by atoms with van der Waals surface area (Å²) in [6.45, 7) is 1.95. The molecule has 2 N–H and O–H groups in total. The number of rotatable bonds is 3. The number of fused-ring (bicyclic) bond motifs is 3. The van der Waals surface area contributed by atoms with Crippen LogP contribution >= 0.6 is 0 Å². The molecule has 2 bridgehead atoms. The van der Waals surface area contributed by atoms with Gasteiger partial charge in [0.15, 0.2) is 10.8 Å². The minimum Gasteiger partial charge on any atom is -0.371 e. The van der Waals surface area contributed by atoms with E-state index in [1.807, 2.05) is 31.2 Å². The summed E-state index contributed by atoms with van der Waals surface area (Å²) >= 11 is 0. The number of carbonyl (C=O) groups is 1. The summed E-state index contributed by atoms with van der Waals surface area (Å²) in [6.07, 6.45) is 1.03. The van der Waals surface area contributed by atoms with Crippen LogP contribution in [0.15, 0.2) is 30.3 Å². The number of benzene rings is 1. The molecule has 0 unspecified atom stereocenters. The van der Waals surface area contributed by atoms with Gasteiger partial charge in [0, 0.05) is 18.3 Å². The van der Waals surface area contributed by atoms with Gasteiger partial charge in [-0.25, -0.2) is 0 Å². The number of carbonyl (C=O) groups excluding carboxylic acids is 1. The summed E-state index contributed by atoms with van der Waals surface area (Å²) in [4.78, 5) is 12.9. The van der Waals surface area contributed by atoms with Crippen LogP contribution in [0.2, 0.25) is 0 Å². The SMILES string of the molecule is CCC[C@@H]1[C@@H](c2ccccc2)[C@]2(C#N)C(=O)N[C@@]1(O)CC2(C#N)C#N. The van der Waals surface area contributed by atoms with Crippen molar-refractivity contribution < 1.29 is 9.90 Å². The largest absolute Gasteiger partial charge is 0.371 e. The van der Waals surface area contributed by atoms with Crippen LogP contribution in [0.4, 0.5) is 0 Å². The Kier molecular flexibility index (Phi) is 3.79. The summed E-state index contributed by atoms with van der Waals surface area (Å²) in [5, 5.41) is 43.3. The van der Waals surface area contributed by atoms with Crippen molar-refractivity contribution in [2.75, 3.05) is 0 Å². The molecule has 1 aromatic rings. The molecular formula is C19H18N4O2. The number of nitrogens with one attached hydrogen (secondary N) is 1. The Morgan fingerprint density at radius 2 is 1.84 bits per heavy atom. The van der Waals surface area contributed by atoms with Crippen molar-refractivity contribution in [3.05, 3.63) is 35.9 Å². The summed E-state index contributed by atoms with van der Waals surface area (Å²) in [5.74, 6) is -1.93. The zero-order chi connectivity index (χ0) is 18.3. The highest BCUT2D eigenvalue weighted by molar-refractivity contribution is 5.92. The average molecular weight is 334 g/mol. The number of amides is 1. The molecule has 6 heteroatoms. The first-order chi connectivity index (χ1) is 11.9. The lowest BCUT2D eigenvalue weighted by molar-refractivity contribution is -0.197. The van der Waals surface area contributed by atoms with Crippen LogP contribution in [-0.2, 0) is 4.79 Å². The van der Waals surface area contributed by atoms with Gasteiger partial charge in [0.05, 0.1) is 18.2 Å². The average Bonchev–Trinajstić information content (AvgIpc) is 2.63. The lowest BCUT2D eigenvalue weighted by Crippen LogP contribution is -2.76. The second-order valence-electron chi connectivity index (χ2n) is 6.89. The van der Waals surface area contributed by atoms with Gasteiger partial charge >= 0.3 is 0 Å². The molecule has 1 amide bonds. The van der Waals surface area contributed by atoms with Gasteiger partial charge in [0.2, 0.25) is 5.91 Å². The Morgan fingerprint density at radius 1 is 1.20 bits per heavy atom. The molecule has 2 saturated heterocycles. The molecule has 0 radical (unpaired) electrons. The van der Waals surface area contributed by atoms with Gasteiger partial charge in [-0.1, -0.05) is 43.7 Å². The molecule has 3 fully saturated rings. The fraction of sp³-hybridized carbons (Fsp3) is 0.474. The van der Waals surface area contributed by atoms with Crippen molar-refractivity contribution in [3.63, 3.8) is 0 Å².